The van der Waals surface area contributed by atoms with Gasteiger partial charge in [-0.3, -0.25) is 4.79 Å². The minimum atomic E-state index is -0.0387. The second kappa shape index (κ2) is 5.37. The molecule has 4 heteroatoms. The molecule has 0 fully saturated rings. The number of phenols is 1. The highest BCUT2D eigenvalue weighted by Gasteiger charge is 2.13. The van der Waals surface area contributed by atoms with Gasteiger partial charge in [-0.05, 0) is 30.7 Å². The first kappa shape index (κ1) is 13.9. The zero-order chi connectivity index (χ0) is 15.0. The maximum atomic E-state index is 12.4. The van der Waals surface area contributed by atoms with Crippen LogP contribution in [0.15, 0.2) is 46.9 Å². The van der Waals surface area contributed by atoms with Crippen LogP contribution >= 0.6 is 15.9 Å². The van der Waals surface area contributed by atoms with E-state index in [0.29, 0.717) is 11.3 Å². The molecule has 21 heavy (non-hydrogen) atoms. The average molecular weight is 344 g/mol. The second-order valence-electron chi connectivity index (χ2n) is 5.10. The molecular weight excluding hydrogens is 330 g/mol. The Morgan fingerprint density at radius 3 is 2.86 bits per heavy atom. The van der Waals surface area contributed by atoms with Gasteiger partial charge < -0.3 is 10.1 Å². The van der Waals surface area contributed by atoms with E-state index < -0.39 is 0 Å². The fraction of sp³-hybridized carbons (Fsp3) is 0.118. The monoisotopic (exact) mass is 343 g/mol. The van der Waals surface area contributed by atoms with Crippen LogP contribution in [-0.4, -0.2) is 15.9 Å². The van der Waals surface area contributed by atoms with Gasteiger partial charge in [0, 0.05) is 27.4 Å². The van der Waals surface area contributed by atoms with Crippen molar-refractivity contribution in [3.63, 3.8) is 0 Å². The van der Waals surface area contributed by atoms with E-state index >= 15 is 0 Å². The van der Waals surface area contributed by atoms with Gasteiger partial charge in [0.15, 0.2) is 5.78 Å². The number of hydrogen-bond acceptors (Lipinski definition) is 2. The summed E-state index contributed by atoms with van der Waals surface area (Å²) in [6.45, 7) is 1.82. The molecule has 0 bridgehead atoms. The number of para-hydroxylation sites is 1. The van der Waals surface area contributed by atoms with Crippen molar-refractivity contribution in [3.05, 3.63) is 63.8 Å². The van der Waals surface area contributed by atoms with Crippen LogP contribution in [0.3, 0.4) is 0 Å². The molecule has 0 aliphatic carbocycles. The Balaban J connectivity index is 1.91. The Bertz CT molecular complexity index is 836. The lowest BCUT2D eigenvalue weighted by Gasteiger charge is -2.05. The number of fused-ring (bicyclic) bond motifs is 1. The van der Waals surface area contributed by atoms with Crippen molar-refractivity contribution in [1.82, 2.24) is 4.98 Å². The third-order valence-electron chi connectivity index (χ3n) is 3.56. The van der Waals surface area contributed by atoms with Gasteiger partial charge in [-0.1, -0.05) is 40.2 Å². The number of ketones is 1. The largest absolute Gasteiger partial charge is 0.507 e. The van der Waals surface area contributed by atoms with E-state index in [1.807, 2.05) is 43.3 Å². The summed E-state index contributed by atoms with van der Waals surface area (Å²) in [6, 6.07) is 13.1. The molecule has 0 amide bonds. The van der Waals surface area contributed by atoms with Crippen molar-refractivity contribution in [2.75, 3.05) is 0 Å². The molecule has 0 radical (unpaired) electrons. The number of carbonyl (C=O) groups excluding carboxylic acids is 1. The first-order valence-corrected chi connectivity index (χ1v) is 7.43. The van der Waals surface area contributed by atoms with Crippen LogP contribution in [0.1, 0.15) is 21.6 Å². The predicted molar refractivity (Wildman–Crippen MR) is 86.9 cm³/mol. The number of phenolic OH excluding ortho intramolecular Hbond substituents is 1. The first-order valence-electron chi connectivity index (χ1n) is 6.63. The Morgan fingerprint density at radius 2 is 2.05 bits per heavy atom. The number of H-pyrrole nitrogens is 1. The van der Waals surface area contributed by atoms with E-state index in [1.165, 1.54) is 0 Å². The number of aryl methyl sites for hydroxylation is 1. The number of aromatic hydroxyl groups is 1. The minimum Gasteiger partial charge on any atom is -0.507 e. The smallest absolute Gasteiger partial charge is 0.183 e. The summed E-state index contributed by atoms with van der Waals surface area (Å²) < 4.78 is 0.965. The molecule has 106 valence electrons. The summed E-state index contributed by atoms with van der Waals surface area (Å²) in [7, 11) is 0. The van der Waals surface area contributed by atoms with Gasteiger partial charge in [-0.2, -0.15) is 0 Å². The molecule has 1 heterocycles. The molecule has 1 aromatic heterocycles. The molecule has 0 aliphatic heterocycles. The number of nitrogens with one attached hydrogen (secondary N) is 1. The van der Waals surface area contributed by atoms with E-state index in [-0.39, 0.29) is 18.0 Å². The number of carbonyl (C=O) groups is 1. The Hall–Kier alpha value is -2.07. The van der Waals surface area contributed by atoms with Crippen molar-refractivity contribution in [1.29, 1.82) is 0 Å². The summed E-state index contributed by atoms with van der Waals surface area (Å²) in [6.07, 6.45) is 0.182. The summed E-state index contributed by atoms with van der Waals surface area (Å²) in [5, 5.41) is 11.0. The maximum absolute atomic E-state index is 12.4. The highest BCUT2D eigenvalue weighted by atomic mass is 79.9. The van der Waals surface area contributed by atoms with Gasteiger partial charge in [-0.25, -0.2) is 0 Å². The molecule has 0 spiro atoms. The molecule has 0 saturated carbocycles. The van der Waals surface area contributed by atoms with E-state index in [9.17, 15) is 9.90 Å². The summed E-state index contributed by atoms with van der Waals surface area (Å²) >= 11 is 3.41. The van der Waals surface area contributed by atoms with Crippen LogP contribution in [-0.2, 0) is 6.42 Å². The standard InChI is InChI=1S/C17H14BrNO2/c1-10-3-2-4-12(17(10)21)8-16(20)15-7-11-5-6-13(18)9-14(11)19-15/h2-7,9,19,21H,8H2,1H3. The van der Waals surface area contributed by atoms with Crippen molar-refractivity contribution in [3.8, 4) is 5.75 Å². The Kier molecular flexibility index (Phi) is 3.55. The van der Waals surface area contributed by atoms with Crippen LogP contribution in [0.5, 0.6) is 5.75 Å². The van der Waals surface area contributed by atoms with Gasteiger partial charge >= 0.3 is 0 Å². The topological polar surface area (TPSA) is 53.1 Å². The first-order chi connectivity index (χ1) is 10.0. The summed E-state index contributed by atoms with van der Waals surface area (Å²) in [5.41, 5.74) is 2.91. The molecule has 0 unspecified atom stereocenters. The Morgan fingerprint density at radius 1 is 1.24 bits per heavy atom. The van der Waals surface area contributed by atoms with Gasteiger partial charge in [0.25, 0.3) is 0 Å². The fourth-order valence-corrected chi connectivity index (χ4v) is 2.74. The van der Waals surface area contributed by atoms with Crippen molar-refractivity contribution in [2.24, 2.45) is 0 Å². The molecule has 0 saturated heterocycles. The molecule has 3 aromatic rings. The lowest BCUT2D eigenvalue weighted by atomic mass is 10.0. The number of Topliss-reactive ketones (excluding diaryl/α,β-unsaturated/α-hetero) is 1. The normalized spacial score (nSPS) is 11.0. The third-order valence-corrected chi connectivity index (χ3v) is 4.05. The Labute approximate surface area is 130 Å². The van der Waals surface area contributed by atoms with Crippen LogP contribution in [0.4, 0.5) is 0 Å². The van der Waals surface area contributed by atoms with Gasteiger partial charge in [0.05, 0.1) is 5.69 Å². The highest BCUT2D eigenvalue weighted by molar-refractivity contribution is 9.10. The molecular formula is C17H14BrNO2. The predicted octanol–water partition coefficient (Wildman–Crippen LogP) is 4.37. The lowest BCUT2D eigenvalue weighted by molar-refractivity contribution is 0.0988. The third kappa shape index (κ3) is 2.72. The number of aromatic amines is 1. The lowest BCUT2D eigenvalue weighted by Crippen LogP contribution is -2.04. The number of halogens is 1. The van der Waals surface area contributed by atoms with Crippen LogP contribution in [0, 0.1) is 6.92 Å². The van der Waals surface area contributed by atoms with Crippen LogP contribution in [0.25, 0.3) is 10.9 Å². The number of rotatable bonds is 3. The van der Waals surface area contributed by atoms with E-state index in [4.69, 9.17) is 0 Å². The zero-order valence-corrected chi connectivity index (χ0v) is 13.1. The number of benzene rings is 2. The SMILES string of the molecule is Cc1cccc(CC(=O)c2cc3ccc(Br)cc3[nH]2)c1O. The fourth-order valence-electron chi connectivity index (χ4n) is 2.38. The maximum Gasteiger partial charge on any atom is 0.183 e. The summed E-state index contributed by atoms with van der Waals surface area (Å²) in [4.78, 5) is 15.5. The van der Waals surface area contributed by atoms with Crippen molar-refractivity contribution >= 4 is 32.6 Å². The second-order valence-corrected chi connectivity index (χ2v) is 6.01. The highest BCUT2D eigenvalue weighted by Crippen LogP contribution is 2.24. The van der Waals surface area contributed by atoms with Gasteiger partial charge in [0.1, 0.15) is 5.75 Å². The van der Waals surface area contributed by atoms with E-state index in [1.54, 1.807) is 6.07 Å². The number of aromatic nitrogens is 1. The van der Waals surface area contributed by atoms with Crippen LogP contribution < -0.4 is 0 Å². The molecule has 2 aromatic carbocycles. The molecule has 3 nitrogen and oxygen atoms in total. The van der Waals surface area contributed by atoms with Crippen molar-refractivity contribution in [2.45, 2.75) is 13.3 Å². The molecule has 2 N–H and O–H groups in total. The molecule has 0 atom stereocenters. The molecule has 3 rings (SSSR count). The quantitative estimate of drug-likeness (QED) is 0.693. The van der Waals surface area contributed by atoms with Gasteiger partial charge in [0.2, 0.25) is 0 Å². The van der Waals surface area contributed by atoms with E-state index in [0.717, 1.165) is 20.9 Å². The molecule has 0 aliphatic rings. The van der Waals surface area contributed by atoms with Crippen molar-refractivity contribution < 1.29 is 9.90 Å². The van der Waals surface area contributed by atoms with E-state index in [2.05, 4.69) is 20.9 Å². The van der Waals surface area contributed by atoms with Crippen LogP contribution in [0.2, 0.25) is 0 Å². The van der Waals surface area contributed by atoms with Gasteiger partial charge in [-0.15, -0.1) is 0 Å². The summed E-state index contributed by atoms with van der Waals surface area (Å²) in [5.74, 6) is 0.160. The average Bonchev–Trinajstić information content (AvgIpc) is 2.87. The number of hydrogen-bond donors (Lipinski definition) is 2. The minimum absolute atomic E-state index is 0.0387. The zero-order valence-electron chi connectivity index (χ0n) is 11.5.